The molecule has 1 unspecified atom stereocenters. The van der Waals surface area contributed by atoms with Crippen LogP contribution in [0.2, 0.25) is 0 Å². The number of aliphatic hydroxyl groups is 1. The molecule has 3 nitrogen and oxygen atoms in total. The molecule has 1 saturated heterocycles. The smallest absolute Gasteiger partial charge is 0.119 e. The fraction of sp³-hybridized carbons (Fsp3) is 0.600. The number of rotatable bonds is 3. The predicted molar refractivity (Wildman–Crippen MR) is 70.7 cm³/mol. The number of hydrogen-bond donors (Lipinski definition) is 2. The summed E-state index contributed by atoms with van der Waals surface area (Å²) in [6, 6.07) is 8.01. The van der Waals surface area contributed by atoms with E-state index < -0.39 is 5.60 Å². The van der Waals surface area contributed by atoms with Crippen molar-refractivity contribution in [3.63, 3.8) is 0 Å². The van der Waals surface area contributed by atoms with Crippen LogP contribution < -0.4 is 10.1 Å². The van der Waals surface area contributed by atoms with Gasteiger partial charge in [-0.05, 0) is 62.9 Å². The zero-order chi connectivity index (χ0) is 12.4. The molecule has 2 fully saturated rings. The van der Waals surface area contributed by atoms with Gasteiger partial charge in [-0.2, -0.15) is 0 Å². The lowest BCUT2D eigenvalue weighted by atomic mass is 9.87. The molecule has 1 aliphatic carbocycles. The van der Waals surface area contributed by atoms with E-state index in [0.29, 0.717) is 6.10 Å². The molecule has 98 valence electrons. The van der Waals surface area contributed by atoms with Crippen molar-refractivity contribution in [1.29, 1.82) is 0 Å². The van der Waals surface area contributed by atoms with Gasteiger partial charge in [-0.15, -0.1) is 0 Å². The van der Waals surface area contributed by atoms with Gasteiger partial charge in [-0.1, -0.05) is 12.1 Å². The lowest BCUT2D eigenvalue weighted by Gasteiger charge is -2.27. The SMILES string of the molecule is OC1(c2ccc(OC3CC3)cc2)CCCNCC1. The second kappa shape index (κ2) is 4.90. The lowest BCUT2D eigenvalue weighted by molar-refractivity contribution is 0.0240. The van der Waals surface area contributed by atoms with Crippen molar-refractivity contribution >= 4 is 0 Å². The monoisotopic (exact) mass is 247 g/mol. The van der Waals surface area contributed by atoms with Crippen molar-refractivity contribution in [3.05, 3.63) is 29.8 Å². The standard InChI is InChI=1S/C15H21NO2/c17-15(8-1-10-16-11-9-15)12-2-4-13(5-3-12)18-14-6-7-14/h2-5,14,16-17H,1,6-11H2. The first-order valence-electron chi connectivity index (χ1n) is 6.97. The Morgan fingerprint density at radius 1 is 1.11 bits per heavy atom. The topological polar surface area (TPSA) is 41.5 Å². The molecule has 1 aromatic rings. The van der Waals surface area contributed by atoms with E-state index in [1.807, 2.05) is 24.3 Å². The van der Waals surface area contributed by atoms with Gasteiger partial charge in [0.25, 0.3) is 0 Å². The van der Waals surface area contributed by atoms with E-state index in [0.717, 1.165) is 43.7 Å². The maximum absolute atomic E-state index is 10.7. The largest absolute Gasteiger partial charge is 0.490 e. The zero-order valence-electron chi connectivity index (χ0n) is 10.7. The summed E-state index contributed by atoms with van der Waals surface area (Å²) in [5, 5.41) is 14.1. The van der Waals surface area contributed by atoms with E-state index in [4.69, 9.17) is 4.74 Å². The highest BCUT2D eigenvalue weighted by Gasteiger charge is 2.30. The average Bonchev–Trinajstić information content (AvgIpc) is 3.19. The van der Waals surface area contributed by atoms with E-state index in [1.54, 1.807) is 0 Å². The van der Waals surface area contributed by atoms with Crippen LogP contribution in [0.5, 0.6) is 5.75 Å². The highest BCUT2D eigenvalue weighted by molar-refractivity contribution is 5.31. The maximum Gasteiger partial charge on any atom is 0.119 e. The van der Waals surface area contributed by atoms with Crippen molar-refractivity contribution in [1.82, 2.24) is 5.32 Å². The van der Waals surface area contributed by atoms with Crippen molar-refractivity contribution < 1.29 is 9.84 Å². The zero-order valence-corrected chi connectivity index (χ0v) is 10.7. The Labute approximate surface area is 108 Å². The van der Waals surface area contributed by atoms with Crippen molar-refractivity contribution in [2.45, 2.75) is 43.8 Å². The summed E-state index contributed by atoms with van der Waals surface area (Å²) in [4.78, 5) is 0. The highest BCUT2D eigenvalue weighted by atomic mass is 16.5. The molecule has 1 saturated carbocycles. The van der Waals surface area contributed by atoms with Gasteiger partial charge in [0.1, 0.15) is 5.75 Å². The van der Waals surface area contributed by atoms with Gasteiger partial charge in [0.05, 0.1) is 11.7 Å². The summed E-state index contributed by atoms with van der Waals surface area (Å²) < 4.78 is 5.73. The quantitative estimate of drug-likeness (QED) is 0.860. The summed E-state index contributed by atoms with van der Waals surface area (Å²) in [7, 11) is 0. The molecule has 1 aliphatic heterocycles. The summed E-state index contributed by atoms with van der Waals surface area (Å²) in [6.45, 7) is 1.89. The van der Waals surface area contributed by atoms with Crippen LogP contribution in [0.4, 0.5) is 0 Å². The van der Waals surface area contributed by atoms with Crippen LogP contribution in [-0.4, -0.2) is 24.3 Å². The van der Waals surface area contributed by atoms with Gasteiger partial charge in [0.15, 0.2) is 0 Å². The van der Waals surface area contributed by atoms with Crippen LogP contribution in [0, 0.1) is 0 Å². The van der Waals surface area contributed by atoms with Crippen LogP contribution in [0.15, 0.2) is 24.3 Å². The number of nitrogens with one attached hydrogen (secondary N) is 1. The van der Waals surface area contributed by atoms with Crippen LogP contribution in [0.25, 0.3) is 0 Å². The Morgan fingerprint density at radius 3 is 2.61 bits per heavy atom. The van der Waals surface area contributed by atoms with E-state index >= 15 is 0 Å². The minimum absolute atomic E-state index is 0.431. The highest BCUT2D eigenvalue weighted by Crippen LogP contribution is 2.33. The molecule has 0 bridgehead atoms. The van der Waals surface area contributed by atoms with Crippen LogP contribution in [-0.2, 0) is 5.60 Å². The fourth-order valence-corrected chi connectivity index (χ4v) is 2.56. The molecular formula is C15H21NO2. The van der Waals surface area contributed by atoms with Crippen LogP contribution in [0.3, 0.4) is 0 Å². The van der Waals surface area contributed by atoms with Crippen LogP contribution >= 0.6 is 0 Å². The van der Waals surface area contributed by atoms with Gasteiger partial charge in [0.2, 0.25) is 0 Å². The van der Waals surface area contributed by atoms with E-state index in [1.165, 1.54) is 12.8 Å². The molecule has 0 radical (unpaired) electrons. The normalized spacial score (nSPS) is 28.7. The maximum atomic E-state index is 10.7. The molecule has 1 atom stereocenters. The third kappa shape index (κ3) is 2.68. The average molecular weight is 247 g/mol. The van der Waals surface area contributed by atoms with Crippen molar-refractivity contribution in [2.24, 2.45) is 0 Å². The summed E-state index contributed by atoms with van der Waals surface area (Å²) >= 11 is 0. The predicted octanol–water partition coefficient (Wildman–Crippen LogP) is 2.19. The molecule has 0 aromatic heterocycles. The molecule has 1 heterocycles. The van der Waals surface area contributed by atoms with Gasteiger partial charge in [-0.3, -0.25) is 0 Å². The minimum atomic E-state index is -0.665. The second-order valence-corrected chi connectivity index (χ2v) is 5.48. The Balaban J connectivity index is 1.73. The van der Waals surface area contributed by atoms with Crippen molar-refractivity contribution in [2.75, 3.05) is 13.1 Å². The van der Waals surface area contributed by atoms with E-state index in [2.05, 4.69) is 5.32 Å². The second-order valence-electron chi connectivity index (χ2n) is 5.48. The third-order valence-corrected chi connectivity index (χ3v) is 3.88. The van der Waals surface area contributed by atoms with Gasteiger partial charge < -0.3 is 15.2 Å². The Bertz CT molecular complexity index is 389. The van der Waals surface area contributed by atoms with Gasteiger partial charge in [-0.25, -0.2) is 0 Å². The third-order valence-electron chi connectivity index (χ3n) is 3.88. The number of benzene rings is 1. The molecule has 2 aliphatic rings. The van der Waals surface area contributed by atoms with Gasteiger partial charge in [0, 0.05) is 0 Å². The summed E-state index contributed by atoms with van der Waals surface area (Å²) in [6.07, 6.45) is 5.44. The molecule has 2 N–H and O–H groups in total. The minimum Gasteiger partial charge on any atom is -0.490 e. The fourth-order valence-electron chi connectivity index (χ4n) is 2.56. The summed E-state index contributed by atoms with van der Waals surface area (Å²) in [5.41, 5.74) is 0.357. The molecule has 0 spiro atoms. The number of hydrogen-bond acceptors (Lipinski definition) is 3. The van der Waals surface area contributed by atoms with Crippen LogP contribution in [0.1, 0.15) is 37.7 Å². The molecular weight excluding hydrogens is 226 g/mol. The molecule has 0 amide bonds. The van der Waals surface area contributed by atoms with Crippen molar-refractivity contribution in [3.8, 4) is 5.75 Å². The summed E-state index contributed by atoms with van der Waals surface area (Å²) in [5.74, 6) is 0.927. The first-order chi connectivity index (χ1) is 8.76. The van der Waals surface area contributed by atoms with E-state index in [9.17, 15) is 5.11 Å². The first-order valence-corrected chi connectivity index (χ1v) is 6.97. The Kier molecular flexibility index (Phi) is 3.27. The van der Waals surface area contributed by atoms with Gasteiger partial charge >= 0.3 is 0 Å². The first kappa shape index (κ1) is 12.0. The molecule has 3 heteroatoms. The molecule has 3 rings (SSSR count). The molecule has 1 aromatic carbocycles. The lowest BCUT2D eigenvalue weighted by Crippen LogP contribution is -2.27. The van der Waals surface area contributed by atoms with E-state index in [-0.39, 0.29) is 0 Å². The molecule has 18 heavy (non-hydrogen) atoms. The Morgan fingerprint density at radius 2 is 1.89 bits per heavy atom. The number of ether oxygens (including phenoxy) is 1. The Hall–Kier alpha value is -1.06.